The van der Waals surface area contributed by atoms with E-state index >= 15 is 0 Å². The zero-order valence-corrected chi connectivity index (χ0v) is 15.4. The van der Waals surface area contributed by atoms with Gasteiger partial charge in [0, 0.05) is 11.8 Å². The number of hydrogen-bond donors (Lipinski definition) is 2. The summed E-state index contributed by atoms with van der Waals surface area (Å²) < 4.78 is 0. The Balaban J connectivity index is 2.04. The Hall–Kier alpha value is -1.12. The zero-order chi connectivity index (χ0) is 17.5. The van der Waals surface area contributed by atoms with Crippen LogP contribution in [0, 0.1) is 17.3 Å². The standard InChI is InChI=1S/C21H32O2/c1-15-13-17(8-11-20(15,5)22)7-10-19(3,4)18-9-12-21(6,23)16(2)14-18/h8-9,11-16,22-23H,7,10H2,1-6H3. The maximum atomic E-state index is 10.3. The van der Waals surface area contributed by atoms with Gasteiger partial charge in [-0.25, -0.2) is 0 Å². The van der Waals surface area contributed by atoms with E-state index in [0.29, 0.717) is 0 Å². The molecule has 2 nitrogen and oxygen atoms in total. The molecule has 4 atom stereocenters. The first-order chi connectivity index (χ1) is 10.4. The molecule has 2 N–H and O–H groups in total. The second-order valence-electron chi connectivity index (χ2n) is 8.44. The Morgan fingerprint density at radius 1 is 0.957 bits per heavy atom. The van der Waals surface area contributed by atoms with E-state index in [-0.39, 0.29) is 17.3 Å². The lowest BCUT2D eigenvalue weighted by Crippen LogP contribution is -2.33. The van der Waals surface area contributed by atoms with Crippen molar-refractivity contribution in [1.29, 1.82) is 0 Å². The van der Waals surface area contributed by atoms with E-state index in [1.807, 2.05) is 26.0 Å². The van der Waals surface area contributed by atoms with Crippen LogP contribution in [0.2, 0.25) is 0 Å². The molecular weight excluding hydrogens is 284 g/mol. The second-order valence-corrected chi connectivity index (χ2v) is 8.44. The highest BCUT2D eigenvalue weighted by Crippen LogP contribution is 2.40. The fourth-order valence-electron chi connectivity index (χ4n) is 3.10. The van der Waals surface area contributed by atoms with Crippen molar-refractivity contribution in [3.8, 4) is 0 Å². The summed E-state index contributed by atoms with van der Waals surface area (Å²) in [5.41, 5.74) is 1.21. The molecule has 0 aliphatic heterocycles. The number of rotatable bonds is 4. The van der Waals surface area contributed by atoms with E-state index in [0.717, 1.165) is 12.8 Å². The monoisotopic (exact) mass is 316 g/mol. The average Bonchev–Trinajstić information content (AvgIpc) is 2.43. The molecular formula is C21H32O2. The molecule has 0 aromatic heterocycles. The van der Waals surface area contributed by atoms with Crippen molar-refractivity contribution in [1.82, 2.24) is 0 Å². The van der Waals surface area contributed by atoms with Crippen LogP contribution in [0.3, 0.4) is 0 Å². The molecule has 2 rings (SSSR count). The lowest BCUT2D eigenvalue weighted by atomic mass is 9.72. The molecule has 0 amide bonds. The molecule has 2 aliphatic rings. The van der Waals surface area contributed by atoms with E-state index in [2.05, 4.69) is 52.0 Å². The van der Waals surface area contributed by atoms with Gasteiger partial charge in [0.25, 0.3) is 0 Å². The molecule has 23 heavy (non-hydrogen) atoms. The second kappa shape index (κ2) is 6.07. The van der Waals surface area contributed by atoms with Crippen molar-refractivity contribution in [3.05, 3.63) is 47.6 Å². The Kier molecular flexibility index (Phi) is 4.81. The summed E-state index contributed by atoms with van der Waals surface area (Å²) in [6, 6.07) is 0. The summed E-state index contributed by atoms with van der Waals surface area (Å²) in [5, 5.41) is 20.5. The van der Waals surface area contributed by atoms with Crippen LogP contribution in [0.4, 0.5) is 0 Å². The minimum Gasteiger partial charge on any atom is -0.385 e. The van der Waals surface area contributed by atoms with Crippen LogP contribution in [0.15, 0.2) is 47.6 Å². The Morgan fingerprint density at radius 3 is 2.00 bits per heavy atom. The van der Waals surface area contributed by atoms with Crippen LogP contribution in [0.1, 0.15) is 54.4 Å². The Morgan fingerprint density at radius 2 is 1.48 bits per heavy atom. The summed E-state index contributed by atoms with van der Waals surface area (Å²) >= 11 is 0. The quantitative estimate of drug-likeness (QED) is 0.798. The lowest BCUT2D eigenvalue weighted by Gasteiger charge is -2.35. The van der Waals surface area contributed by atoms with Gasteiger partial charge < -0.3 is 10.2 Å². The van der Waals surface area contributed by atoms with Crippen molar-refractivity contribution in [3.63, 3.8) is 0 Å². The molecule has 128 valence electrons. The first kappa shape index (κ1) is 18.2. The van der Waals surface area contributed by atoms with Crippen molar-refractivity contribution in [2.75, 3.05) is 0 Å². The molecule has 0 bridgehead atoms. The average molecular weight is 316 g/mol. The van der Waals surface area contributed by atoms with Gasteiger partial charge in [0.1, 0.15) is 0 Å². The van der Waals surface area contributed by atoms with E-state index in [4.69, 9.17) is 0 Å². The summed E-state index contributed by atoms with van der Waals surface area (Å²) in [5.74, 6) is 0.278. The van der Waals surface area contributed by atoms with Crippen LogP contribution in [0.5, 0.6) is 0 Å². The Labute approximate surface area is 141 Å². The van der Waals surface area contributed by atoms with Gasteiger partial charge in [0.15, 0.2) is 0 Å². The van der Waals surface area contributed by atoms with Gasteiger partial charge >= 0.3 is 0 Å². The van der Waals surface area contributed by atoms with Gasteiger partial charge in [0.2, 0.25) is 0 Å². The van der Waals surface area contributed by atoms with Crippen LogP contribution in [0.25, 0.3) is 0 Å². The Bertz CT molecular complexity index is 571. The molecule has 2 heteroatoms. The highest BCUT2D eigenvalue weighted by molar-refractivity contribution is 5.35. The predicted molar refractivity (Wildman–Crippen MR) is 97.0 cm³/mol. The molecule has 0 saturated heterocycles. The van der Waals surface area contributed by atoms with Gasteiger partial charge in [0.05, 0.1) is 11.2 Å². The van der Waals surface area contributed by atoms with Gasteiger partial charge in [-0.1, -0.05) is 69.7 Å². The maximum absolute atomic E-state index is 10.3. The minimum absolute atomic E-state index is 0.0686. The number of aliphatic hydroxyl groups is 2. The van der Waals surface area contributed by atoms with Gasteiger partial charge in [-0.2, -0.15) is 0 Å². The molecule has 0 spiro atoms. The highest BCUT2D eigenvalue weighted by Gasteiger charge is 2.32. The van der Waals surface area contributed by atoms with Gasteiger partial charge in [-0.15, -0.1) is 0 Å². The molecule has 0 aromatic rings. The first-order valence-electron chi connectivity index (χ1n) is 8.70. The van der Waals surface area contributed by atoms with Crippen LogP contribution >= 0.6 is 0 Å². The van der Waals surface area contributed by atoms with Crippen LogP contribution in [-0.4, -0.2) is 21.4 Å². The number of hydrogen-bond acceptors (Lipinski definition) is 2. The maximum Gasteiger partial charge on any atom is 0.0862 e. The zero-order valence-electron chi connectivity index (χ0n) is 15.4. The largest absolute Gasteiger partial charge is 0.385 e. The summed E-state index contributed by atoms with van der Waals surface area (Å²) in [4.78, 5) is 0. The third-order valence-electron chi connectivity index (χ3n) is 5.79. The lowest BCUT2D eigenvalue weighted by molar-refractivity contribution is 0.0714. The van der Waals surface area contributed by atoms with Crippen molar-refractivity contribution >= 4 is 0 Å². The van der Waals surface area contributed by atoms with Gasteiger partial charge in [-0.05, 0) is 37.7 Å². The first-order valence-corrected chi connectivity index (χ1v) is 8.70. The minimum atomic E-state index is -0.741. The third-order valence-corrected chi connectivity index (χ3v) is 5.79. The van der Waals surface area contributed by atoms with E-state index in [1.165, 1.54) is 11.1 Å². The van der Waals surface area contributed by atoms with Gasteiger partial charge in [-0.3, -0.25) is 0 Å². The fraction of sp³-hybridized carbons (Fsp3) is 0.619. The van der Waals surface area contributed by atoms with Crippen molar-refractivity contribution < 1.29 is 10.2 Å². The van der Waals surface area contributed by atoms with E-state index in [1.54, 1.807) is 0 Å². The molecule has 4 unspecified atom stereocenters. The molecule has 0 heterocycles. The predicted octanol–water partition coefficient (Wildman–Crippen LogP) is 4.56. The molecule has 0 radical (unpaired) electrons. The van der Waals surface area contributed by atoms with E-state index in [9.17, 15) is 10.2 Å². The SMILES string of the molecule is CC1C=C(CCC(C)(C)C2=CC(C)C(C)(O)C=C2)C=CC1(C)O. The van der Waals surface area contributed by atoms with E-state index < -0.39 is 11.2 Å². The summed E-state index contributed by atoms with van der Waals surface area (Å²) in [6.07, 6.45) is 14.4. The smallest absolute Gasteiger partial charge is 0.0862 e. The normalized spacial score (nSPS) is 37.6. The van der Waals surface area contributed by atoms with Crippen molar-refractivity contribution in [2.45, 2.75) is 65.6 Å². The topological polar surface area (TPSA) is 40.5 Å². The summed E-state index contributed by atoms with van der Waals surface area (Å²) in [7, 11) is 0. The van der Waals surface area contributed by atoms with Crippen LogP contribution < -0.4 is 0 Å². The number of allylic oxidation sites excluding steroid dienone is 4. The third kappa shape index (κ3) is 4.05. The van der Waals surface area contributed by atoms with Crippen molar-refractivity contribution in [2.24, 2.45) is 17.3 Å². The summed E-state index contributed by atoms with van der Waals surface area (Å²) in [6.45, 7) is 12.4. The molecule has 2 aliphatic carbocycles. The van der Waals surface area contributed by atoms with Crippen LogP contribution in [-0.2, 0) is 0 Å². The molecule has 0 fully saturated rings. The molecule has 0 aromatic carbocycles. The fourth-order valence-corrected chi connectivity index (χ4v) is 3.10. The highest BCUT2D eigenvalue weighted by atomic mass is 16.3. The molecule has 0 saturated carbocycles.